The first-order chi connectivity index (χ1) is 12.1. The molecule has 1 amide bonds. The lowest BCUT2D eigenvalue weighted by Gasteiger charge is -2.13. The van der Waals surface area contributed by atoms with Crippen molar-refractivity contribution < 1.29 is 9.90 Å². The van der Waals surface area contributed by atoms with Crippen molar-refractivity contribution in [2.24, 2.45) is 5.92 Å². The maximum atomic E-state index is 12.7. The first-order valence-electron chi connectivity index (χ1n) is 8.56. The van der Waals surface area contributed by atoms with Crippen molar-refractivity contribution in [3.63, 3.8) is 0 Å². The molecule has 2 fully saturated rings. The number of aliphatic hydroxyl groups is 1. The molecule has 0 radical (unpaired) electrons. The molecule has 0 bridgehead atoms. The lowest BCUT2D eigenvalue weighted by Crippen LogP contribution is -2.40. The Morgan fingerprint density at radius 3 is 2.96 bits per heavy atom. The average Bonchev–Trinajstić information content (AvgIpc) is 3.51. The van der Waals surface area contributed by atoms with Crippen LogP contribution in [0.5, 0.6) is 0 Å². The Morgan fingerprint density at radius 1 is 1.48 bits per heavy atom. The number of nitrogens with one attached hydrogen (secondary N) is 1. The molecule has 0 aromatic carbocycles. The predicted octanol–water partition coefficient (Wildman–Crippen LogP) is 1.05. The predicted molar refractivity (Wildman–Crippen MR) is 87.1 cm³/mol. The first-order valence-corrected chi connectivity index (χ1v) is 8.56. The summed E-state index contributed by atoms with van der Waals surface area (Å²) in [6.45, 7) is -0.0376. The van der Waals surface area contributed by atoms with Crippen molar-refractivity contribution in [1.82, 2.24) is 20.1 Å². The van der Waals surface area contributed by atoms with Gasteiger partial charge in [-0.15, -0.1) is 0 Å². The summed E-state index contributed by atoms with van der Waals surface area (Å²) in [5.74, 6) is 1.48. The molecule has 0 saturated heterocycles. The van der Waals surface area contributed by atoms with Crippen LogP contribution in [-0.2, 0) is 6.42 Å². The van der Waals surface area contributed by atoms with Crippen LogP contribution < -0.4 is 5.32 Å². The third-order valence-electron chi connectivity index (χ3n) is 5.61. The molecule has 2 saturated carbocycles. The Balaban J connectivity index is 1.54. The van der Waals surface area contributed by atoms with Gasteiger partial charge in [-0.2, -0.15) is 10.4 Å². The number of hydrogen-bond donors (Lipinski definition) is 2. The number of amides is 1. The van der Waals surface area contributed by atoms with Crippen LogP contribution in [-0.4, -0.2) is 37.9 Å². The highest BCUT2D eigenvalue weighted by Gasteiger charge is 2.51. The topological polar surface area (TPSA) is 104 Å². The second-order valence-corrected chi connectivity index (χ2v) is 7.34. The molecule has 0 unspecified atom stereocenters. The summed E-state index contributed by atoms with van der Waals surface area (Å²) in [7, 11) is 0. The number of hydrogen-bond acceptors (Lipinski definition) is 5. The van der Waals surface area contributed by atoms with Gasteiger partial charge in [-0.05, 0) is 43.7 Å². The van der Waals surface area contributed by atoms with Gasteiger partial charge in [0.15, 0.2) is 11.5 Å². The highest BCUT2D eigenvalue weighted by Crippen LogP contribution is 2.57. The Morgan fingerprint density at radius 2 is 2.32 bits per heavy atom. The molecule has 2 aromatic heterocycles. The smallest absolute Gasteiger partial charge is 0.272 e. The zero-order valence-corrected chi connectivity index (χ0v) is 13.6. The summed E-state index contributed by atoms with van der Waals surface area (Å²) in [5.41, 5.74) is 2.59. The lowest BCUT2D eigenvalue weighted by molar-refractivity contribution is 0.0900. The number of aliphatic hydroxyl groups excluding tert-OH is 1. The molecule has 2 heterocycles. The minimum Gasteiger partial charge on any atom is -0.394 e. The Bertz CT molecular complexity index is 920. The first kappa shape index (κ1) is 14.6. The van der Waals surface area contributed by atoms with E-state index in [0.717, 1.165) is 36.9 Å². The molecule has 5 rings (SSSR count). The molecule has 7 nitrogen and oxygen atoms in total. The van der Waals surface area contributed by atoms with Gasteiger partial charge in [-0.1, -0.05) is 0 Å². The maximum absolute atomic E-state index is 12.7. The highest BCUT2D eigenvalue weighted by atomic mass is 16.3. The van der Waals surface area contributed by atoms with Gasteiger partial charge in [0.05, 0.1) is 23.4 Å². The molecule has 2 aromatic rings. The molecule has 7 heteroatoms. The van der Waals surface area contributed by atoms with Crippen LogP contribution in [0.4, 0.5) is 0 Å². The summed E-state index contributed by atoms with van der Waals surface area (Å²) < 4.78 is 1.77. The van der Waals surface area contributed by atoms with E-state index in [4.69, 9.17) is 5.26 Å². The second kappa shape index (κ2) is 4.90. The van der Waals surface area contributed by atoms with E-state index in [9.17, 15) is 9.90 Å². The maximum Gasteiger partial charge on any atom is 0.272 e. The minimum absolute atomic E-state index is 0.0376. The van der Waals surface area contributed by atoms with E-state index in [2.05, 4.69) is 21.5 Å². The van der Waals surface area contributed by atoms with Crippen molar-refractivity contribution in [3.8, 4) is 11.9 Å². The number of nitrogens with zero attached hydrogens (tertiary/aromatic N) is 4. The number of carbonyl (C=O) groups is 1. The van der Waals surface area contributed by atoms with Gasteiger partial charge in [0.2, 0.25) is 0 Å². The molecular formula is C18H17N5O2. The summed E-state index contributed by atoms with van der Waals surface area (Å²) in [4.78, 5) is 17.1. The third-order valence-corrected chi connectivity index (χ3v) is 5.61. The van der Waals surface area contributed by atoms with Crippen LogP contribution in [0, 0.1) is 17.2 Å². The van der Waals surface area contributed by atoms with E-state index in [1.807, 2.05) is 0 Å². The minimum atomic E-state index is -0.456. The van der Waals surface area contributed by atoms with Crippen LogP contribution in [0.1, 0.15) is 52.5 Å². The summed E-state index contributed by atoms with van der Waals surface area (Å²) in [6, 6.07) is 5.53. The largest absolute Gasteiger partial charge is 0.394 e. The van der Waals surface area contributed by atoms with E-state index in [0.29, 0.717) is 28.9 Å². The highest BCUT2D eigenvalue weighted by molar-refractivity contribution is 5.95. The molecule has 0 spiro atoms. The summed E-state index contributed by atoms with van der Waals surface area (Å²) in [6.07, 6.45) is 5.15. The van der Waals surface area contributed by atoms with Crippen molar-refractivity contribution in [2.75, 3.05) is 6.61 Å². The van der Waals surface area contributed by atoms with Gasteiger partial charge in [0, 0.05) is 17.7 Å². The molecule has 25 heavy (non-hydrogen) atoms. The normalized spacial score (nSPS) is 24.2. The van der Waals surface area contributed by atoms with Crippen LogP contribution >= 0.6 is 0 Å². The fraction of sp³-hybridized carbons (Fsp3) is 0.444. The molecule has 2 atom stereocenters. The van der Waals surface area contributed by atoms with Gasteiger partial charge in [-0.25, -0.2) is 9.67 Å². The van der Waals surface area contributed by atoms with Crippen molar-refractivity contribution >= 4 is 5.91 Å². The monoisotopic (exact) mass is 335 g/mol. The number of pyridine rings is 1. The van der Waals surface area contributed by atoms with Crippen LogP contribution in [0.3, 0.4) is 0 Å². The summed E-state index contributed by atoms with van der Waals surface area (Å²) >= 11 is 0. The molecule has 2 N–H and O–H groups in total. The van der Waals surface area contributed by atoms with Crippen molar-refractivity contribution in [3.05, 3.63) is 40.8 Å². The van der Waals surface area contributed by atoms with E-state index >= 15 is 0 Å². The van der Waals surface area contributed by atoms with Gasteiger partial charge >= 0.3 is 0 Å². The summed E-state index contributed by atoms with van der Waals surface area (Å²) in [5, 5.41) is 25.9. The third kappa shape index (κ3) is 2.18. The van der Waals surface area contributed by atoms with Gasteiger partial charge in [0.1, 0.15) is 6.07 Å². The quantitative estimate of drug-likeness (QED) is 0.869. The number of nitriles is 1. The van der Waals surface area contributed by atoms with Gasteiger partial charge in [0.25, 0.3) is 5.91 Å². The van der Waals surface area contributed by atoms with Gasteiger partial charge in [-0.3, -0.25) is 4.79 Å². The van der Waals surface area contributed by atoms with Crippen molar-refractivity contribution in [1.29, 1.82) is 5.26 Å². The van der Waals surface area contributed by atoms with E-state index in [1.165, 1.54) is 6.20 Å². The van der Waals surface area contributed by atoms with E-state index in [-0.39, 0.29) is 12.5 Å². The number of fused-ring (bicyclic) bond motifs is 3. The van der Waals surface area contributed by atoms with E-state index in [1.54, 1.807) is 16.8 Å². The number of aromatic nitrogens is 3. The zero-order chi connectivity index (χ0) is 17.2. The van der Waals surface area contributed by atoms with Crippen molar-refractivity contribution in [2.45, 2.75) is 37.1 Å². The SMILES string of the molecule is N#Cc1ccc(-n2nc(C(=O)NC3(CO)CC3)c3c2[C@@H]2C[C@@H]2C3)nc1. The molecule has 3 aliphatic rings. The van der Waals surface area contributed by atoms with E-state index < -0.39 is 5.54 Å². The molecule has 3 aliphatic carbocycles. The average molecular weight is 335 g/mol. The van der Waals surface area contributed by atoms with Gasteiger partial charge < -0.3 is 10.4 Å². The Hall–Kier alpha value is -2.72. The number of rotatable bonds is 4. The zero-order valence-electron chi connectivity index (χ0n) is 13.6. The Labute approximate surface area is 144 Å². The fourth-order valence-corrected chi connectivity index (χ4v) is 3.82. The lowest BCUT2D eigenvalue weighted by atomic mass is 10.1. The second-order valence-electron chi connectivity index (χ2n) is 7.34. The van der Waals surface area contributed by atoms with Crippen LogP contribution in [0.15, 0.2) is 18.3 Å². The standard InChI is InChI=1S/C18H17N5O2/c19-7-10-1-2-14(20-8-10)23-16-12-5-11(12)6-13(16)15(22-23)17(25)21-18(9-24)3-4-18/h1-2,8,11-12,24H,3-6,9H2,(H,21,25)/t11-,12-/m1/s1. The fourth-order valence-electron chi connectivity index (χ4n) is 3.82. The molecule has 0 aliphatic heterocycles. The van der Waals surface area contributed by atoms with Crippen LogP contribution in [0.25, 0.3) is 5.82 Å². The molecule has 126 valence electrons. The van der Waals surface area contributed by atoms with Crippen LogP contribution in [0.2, 0.25) is 0 Å². The molecular weight excluding hydrogens is 318 g/mol. The Kier molecular flexibility index (Phi) is 2.86. The number of carbonyl (C=O) groups excluding carboxylic acids is 1.